The molecule has 0 unspecified atom stereocenters. The molecule has 0 heterocycles. The summed E-state index contributed by atoms with van der Waals surface area (Å²) in [6.07, 6.45) is 0.690. The second-order valence-electron chi connectivity index (χ2n) is 5.31. The van der Waals surface area contributed by atoms with Crippen LogP contribution in [0.2, 0.25) is 0 Å². The van der Waals surface area contributed by atoms with Crippen LogP contribution in [0.3, 0.4) is 0 Å². The molecule has 1 rings (SSSR count). The molecule has 22 heavy (non-hydrogen) atoms. The summed E-state index contributed by atoms with van der Waals surface area (Å²) in [6.45, 7) is 5.69. The number of carbonyl (C=O) groups is 2. The van der Waals surface area contributed by atoms with Gasteiger partial charge in [-0.1, -0.05) is 12.1 Å². The van der Waals surface area contributed by atoms with Gasteiger partial charge in [-0.2, -0.15) is 0 Å². The summed E-state index contributed by atoms with van der Waals surface area (Å²) in [6, 6.07) is 7.33. The number of carbonyl (C=O) groups excluding carboxylic acids is 1. The van der Waals surface area contributed by atoms with E-state index in [0.29, 0.717) is 31.1 Å². The maximum atomic E-state index is 11.7. The van der Waals surface area contributed by atoms with Crippen LogP contribution in [0, 0.1) is 0 Å². The Kier molecular flexibility index (Phi) is 6.69. The minimum atomic E-state index is -1.26. The van der Waals surface area contributed by atoms with Crippen LogP contribution >= 0.6 is 0 Å². The summed E-state index contributed by atoms with van der Waals surface area (Å²) >= 11 is 0. The zero-order chi connectivity index (χ0) is 16.6. The molecule has 1 aromatic carbocycles. The molecule has 0 aliphatic rings. The predicted molar refractivity (Wildman–Crippen MR) is 82.2 cm³/mol. The van der Waals surface area contributed by atoms with Crippen LogP contribution in [0.25, 0.3) is 0 Å². The van der Waals surface area contributed by atoms with Gasteiger partial charge in [0, 0.05) is 6.42 Å². The lowest BCUT2D eigenvalue weighted by atomic mass is 10.1. The second-order valence-corrected chi connectivity index (χ2v) is 5.31. The number of para-hydroxylation sites is 2. The SMILES string of the molecule is CCOc1ccccc1OCCCC(=O)NC(C)(C)C(=O)O. The van der Waals surface area contributed by atoms with E-state index in [2.05, 4.69) is 5.32 Å². The third kappa shape index (κ3) is 5.63. The third-order valence-corrected chi connectivity index (χ3v) is 2.94. The van der Waals surface area contributed by atoms with E-state index in [4.69, 9.17) is 14.6 Å². The molecular formula is C16H23NO5. The van der Waals surface area contributed by atoms with Crippen molar-refractivity contribution < 1.29 is 24.2 Å². The lowest BCUT2D eigenvalue weighted by Crippen LogP contribution is -2.49. The average molecular weight is 309 g/mol. The monoisotopic (exact) mass is 309 g/mol. The predicted octanol–water partition coefficient (Wildman–Crippen LogP) is 2.22. The Morgan fingerprint density at radius 1 is 1.18 bits per heavy atom. The van der Waals surface area contributed by atoms with Gasteiger partial charge in [-0.05, 0) is 39.3 Å². The second kappa shape index (κ2) is 8.26. The minimum absolute atomic E-state index is 0.202. The van der Waals surface area contributed by atoms with E-state index in [0.717, 1.165) is 0 Å². The maximum absolute atomic E-state index is 11.7. The Labute approximate surface area is 130 Å². The largest absolute Gasteiger partial charge is 0.490 e. The van der Waals surface area contributed by atoms with Crippen molar-refractivity contribution in [3.63, 3.8) is 0 Å². The van der Waals surface area contributed by atoms with Crippen LogP contribution in [0.15, 0.2) is 24.3 Å². The Balaban J connectivity index is 2.37. The number of nitrogens with one attached hydrogen (secondary N) is 1. The first-order valence-electron chi connectivity index (χ1n) is 7.26. The van der Waals surface area contributed by atoms with Gasteiger partial charge < -0.3 is 19.9 Å². The van der Waals surface area contributed by atoms with Crippen molar-refractivity contribution in [2.75, 3.05) is 13.2 Å². The molecule has 0 saturated carbocycles. The Bertz CT molecular complexity index is 513. The van der Waals surface area contributed by atoms with E-state index in [1.54, 1.807) is 6.07 Å². The molecule has 2 N–H and O–H groups in total. The summed E-state index contributed by atoms with van der Waals surface area (Å²) in [5.41, 5.74) is -1.26. The average Bonchev–Trinajstić information content (AvgIpc) is 2.45. The van der Waals surface area contributed by atoms with Gasteiger partial charge >= 0.3 is 5.97 Å². The van der Waals surface area contributed by atoms with Crippen LogP contribution in [0.4, 0.5) is 0 Å². The van der Waals surface area contributed by atoms with E-state index < -0.39 is 11.5 Å². The van der Waals surface area contributed by atoms with Crippen molar-refractivity contribution in [2.45, 2.75) is 39.2 Å². The van der Waals surface area contributed by atoms with Crippen LogP contribution in [-0.2, 0) is 9.59 Å². The zero-order valence-electron chi connectivity index (χ0n) is 13.2. The molecule has 1 aromatic rings. The van der Waals surface area contributed by atoms with Crippen molar-refractivity contribution in [2.24, 2.45) is 0 Å². The quantitative estimate of drug-likeness (QED) is 0.683. The Morgan fingerprint density at radius 3 is 2.32 bits per heavy atom. The third-order valence-electron chi connectivity index (χ3n) is 2.94. The van der Waals surface area contributed by atoms with Gasteiger partial charge in [0.2, 0.25) is 5.91 Å². The number of rotatable bonds is 9. The summed E-state index contributed by atoms with van der Waals surface area (Å²) in [5.74, 6) is -0.0751. The number of ether oxygens (including phenoxy) is 2. The highest BCUT2D eigenvalue weighted by Crippen LogP contribution is 2.26. The maximum Gasteiger partial charge on any atom is 0.328 e. The van der Waals surface area contributed by atoms with Crippen molar-refractivity contribution in [1.29, 1.82) is 0 Å². The molecule has 0 aliphatic carbocycles. The van der Waals surface area contributed by atoms with E-state index in [9.17, 15) is 9.59 Å². The van der Waals surface area contributed by atoms with Gasteiger partial charge in [0.15, 0.2) is 11.5 Å². The number of carboxylic acid groups (broad SMARTS) is 1. The molecule has 6 nitrogen and oxygen atoms in total. The first kappa shape index (κ1) is 17.8. The highest BCUT2D eigenvalue weighted by atomic mass is 16.5. The van der Waals surface area contributed by atoms with Gasteiger partial charge in [0.05, 0.1) is 13.2 Å². The van der Waals surface area contributed by atoms with Crippen molar-refractivity contribution in [3.05, 3.63) is 24.3 Å². The molecule has 0 aliphatic heterocycles. The Morgan fingerprint density at radius 2 is 1.77 bits per heavy atom. The van der Waals surface area contributed by atoms with Crippen molar-refractivity contribution in [3.8, 4) is 11.5 Å². The number of hydrogen-bond donors (Lipinski definition) is 2. The highest BCUT2D eigenvalue weighted by Gasteiger charge is 2.28. The minimum Gasteiger partial charge on any atom is -0.490 e. The number of amides is 1. The Hall–Kier alpha value is -2.24. The van der Waals surface area contributed by atoms with Gasteiger partial charge in [0.1, 0.15) is 5.54 Å². The summed E-state index contributed by atoms with van der Waals surface area (Å²) in [5, 5.41) is 11.4. The van der Waals surface area contributed by atoms with Gasteiger partial charge in [-0.25, -0.2) is 4.79 Å². The van der Waals surface area contributed by atoms with Gasteiger partial charge in [0.25, 0.3) is 0 Å². The molecule has 6 heteroatoms. The standard InChI is InChI=1S/C16H23NO5/c1-4-21-12-8-5-6-9-13(12)22-11-7-10-14(18)17-16(2,3)15(19)20/h5-6,8-9H,4,7,10-11H2,1-3H3,(H,17,18)(H,19,20). The first-order valence-corrected chi connectivity index (χ1v) is 7.26. The fourth-order valence-electron chi connectivity index (χ4n) is 1.72. The molecule has 0 bridgehead atoms. The summed E-state index contributed by atoms with van der Waals surface area (Å²) in [7, 11) is 0. The number of benzene rings is 1. The van der Waals surface area contributed by atoms with E-state index in [1.807, 2.05) is 25.1 Å². The molecule has 0 aromatic heterocycles. The van der Waals surface area contributed by atoms with Gasteiger partial charge in [-0.15, -0.1) is 0 Å². The van der Waals surface area contributed by atoms with Crippen molar-refractivity contribution in [1.82, 2.24) is 5.32 Å². The molecule has 122 valence electrons. The van der Waals surface area contributed by atoms with E-state index in [-0.39, 0.29) is 12.3 Å². The van der Waals surface area contributed by atoms with Crippen LogP contribution < -0.4 is 14.8 Å². The topological polar surface area (TPSA) is 84.9 Å². The zero-order valence-corrected chi connectivity index (χ0v) is 13.2. The smallest absolute Gasteiger partial charge is 0.328 e. The fraction of sp³-hybridized carbons (Fsp3) is 0.500. The molecule has 0 fully saturated rings. The molecular weight excluding hydrogens is 286 g/mol. The van der Waals surface area contributed by atoms with Gasteiger partial charge in [-0.3, -0.25) is 4.79 Å². The molecule has 0 saturated heterocycles. The molecule has 0 spiro atoms. The van der Waals surface area contributed by atoms with Crippen LogP contribution in [-0.4, -0.2) is 35.7 Å². The first-order chi connectivity index (χ1) is 10.4. The van der Waals surface area contributed by atoms with Crippen molar-refractivity contribution >= 4 is 11.9 Å². The highest BCUT2D eigenvalue weighted by molar-refractivity contribution is 5.86. The molecule has 0 radical (unpaired) electrons. The number of hydrogen-bond acceptors (Lipinski definition) is 4. The van der Waals surface area contributed by atoms with Crippen LogP contribution in [0.1, 0.15) is 33.6 Å². The lowest BCUT2D eigenvalue weighted by molar-refractivity contribution is -0.146. The number of aliphatic carboxylic acids is 1. The summed E-state index contributed by atoms with van der Waals surface area (Å²) < 4.78 is 11.0. The lowest BCUT2D eigenvalue weighted by Gasteiger charge is -2.20. The van der Waals surface area contributed by atoms with Crippen LogP contribution in [0.5, 0.6) is 11.5 Å². The summed E-state index contributed by atoms with van der Waals surface area (Å²) in [4.78, 5) is 22.6. The van der Waals surface area contributed by atoms with E-state index in [1.165, 1.54) is 13.8 Å². The fourth-order valence-corrected chi connectivity index (χ4v) is 1.72. The number of carboxylic acids is 1. The molecule has 1 amide bonds. The molecule has 0 atom stereocenters. The normalized spacial score (nSPS) is 10.9. The van der Waals surface area contributed by atoms with E-state index >= 15 is 0 Å².